The van der Waals surface area contributed by atoms with Crippen LogP contribution in [0.5, 0.6) is 0 Å². The molecule has 0 atom stereocenters. The molecule has 4 nitrogen and oxygen atoms in total. The zero-order valence-corrected chi connectivity index (χ0v) is 14.1. The number of carbonyl (C=O) groups is 1. The van der Waals surface area contributed by atoms with Gasteiger partial charge in [0.25, 0.3) is 0 Å². The first-order valence-corrected chi connectivity index (χ1v) is 8.73. The molecule has 0 saturated heterocycles. The van der Waals surface area contributed by atoms with Crippen molar-refractivity contribution in [3.63, 3.8) is 0 Å². The number of thiazole rings is 1. The van der Waals surface area contributed by atoms with Crippen LogP contribution in [0.3, 0.4) is 0 Å². The van der Waals surface area contributed by atoms with E-state index in [9.17, 15) is 10.1 Å². The molecule has 1 saturated carbocycles. The summed E-state index contributed by atoms with van der Waals surface area (Å²) < 4.78 is 0. The van der Waals surface area contributed by atoms with Crippen LogP contribution in [0.1, 0.15) is 36.1 Å². The number of nitrogens with zero attached hydrogens (tertiary/aromatic N) is 2. The van der Waals surface area contributed by atoms with Gasteiger partial charge in [-0.1, -0.05) is 42.6 Å². The Morgan fingerprint density at radius 1 is 1.39 bits per heavy atom. The van der Waals surface area contributed by atoms with Crippen molar-refractivity contribution in [2.45, 2.75) is 32.1 Å². The number of benzene rings is 1. The molecule has 1 aliphatic carbocycles. The maximum absolute atomic E-state index is 12.4. The maximum atomic E-state index is 12.4. The van der Waals surface area contributed by atoms with Crippen LogP contribution in [-0.4, -0.2) is 10.9 Å². The number of carbonyl (C=O) groups excluding carboxylic acids is 1. The lowest BCUT2D eigenvalue weighted by Crippen LogP contribution is -2.32. The first kappa shape index (κ1) is 16.0. The second-order valence-corrected chi connectivity index (χ2v) is 7.28. The van der Waals surface area contributed by atoms with Gasteiger partial charge in [-0.05, 0) is 24.5 Å². The third kappa shape index (κ3) is 3.39. The summed E-state index contributed by atoms with van der Waals surface area (Å²) in [5.74, 6) is -0.226. The number of amides is 1. The fourth-order valence-electron chi connectivity index (χ4n) is 2.86. The van der Waals surface area contributed by atoms with E-state index in [1.807, 2.05) is 24.3 Å². The minimum Gasteiger partial charge on any atom is -0.301 e. The van der Waals surface area contributed by atoms with Crippen LogP contribution in [0.4, 0.5) is 5.13 Å². The zero-order valence-electron chi connectivity index (χ0n) is 12.5. The molecule has 6 heteroatoms. The molecule has 0 radical (unpaired) electrons. The molecule has 1 fully saturated rings. The highest BCUT2D eigenvalue weighted by Crippen LogP contribution is 2.38. The molecule has 0 spiro atoms. The van der Waals surface area contributed by atoms with Gasteiger partial charge in [-0.25, -0.2) is 4.98 Å². The molecule has 1 aromatic carbocycles. The number of rotatable bonds is 4. The number of hydrogen-bond donors (Lipinski definition) is 1. The van der Waals surface area contributed by atoms with Crippen LogP contribution in [0.25, 0.3) is 0 Å². The highest BCUT2D eigenvalue weighted by Gasteiger charge is 2.41. The Kier molecular flexibility index (Phi) is 4.65. The molecule has 0 unspecified atom stereocenters. The van der Waals surface area contributed by atoms with Crippen LogP contribution in [0.15, 0.2) is 30.5 Å². The molecule has 2 aromatic rings. The Hall–Kier alpha value is -1.90. The van der Waals surface area contributed by atoms with Crippen molar-refractivity contribution in [2.75, 3.05) is 5.32 Å². The normalized spacial score (nSPS) is 16.0. The van der Waals surface area contributed by atoms with Crippen LogP contribution < -0.4 is 5.32 Å². The van der Waals surface area contributed by atoms with Crippen LogP contribution in [0, 0.1) is 16.7 Å². The first-order chi connectivity index (χ1) is 11.1. The van der Waals surface area contributed by atoms with Gasteiger partial charge in [-0.3, -0.25) is 4.79 Å². The highest BCUT2D eigenvalue weighted by molar-refractivity contribution is 7.15. The molecule has 23 heavy (non-hydrogen) atoms. The second kappa shape index (κ2) is 6.69. The number of hydrogen-bond acceptors (Lipinski definition) is 4. The Morgan fingerprint density at radius 2 is 2.13 bits per heavy atom. The van der Waals surface area contributed by atoms with Gasteiger partial charge in [0, 0.05) is 22.5 Å². The smallest absolute Gasteiger partial charge is 0.246 e. The Morgan fingerprint density at radius 3 is 2.83 bits per heavy atom. The average Bonchev–Trinajstić information content (AvgIpc) is 3.19. The molecule has 1 aromatic heterocycles. The summed E-state index contributed by atoms with van der Waals surface area (Å²) in [5, 5.41) is 13.4. The molecule has 1 N–H and O–H groups in total. The minimum atomic E-state index is -0.880. The number of aromatic nitrogens is 1. The summed E-state index contributed by atoms with van der Waals surface area (Å²) in [6, 6.07) is 9.88. The lowest BCUT2D eigenvalue weighted by molar-refractivity contribution is -0.122. The average molecular weight is 346 g/mol. The summed E-state index contributed by atoms with van der Waals surface area (Å²) in [4.78, 5) is 17.7. The summed E-state index contributed by atoms with van der Waals surface area (Å²) in [6.07, 6.45) is 5.54. The predicted octanol–water partition coefficient (Wildman–Crippen LogP) is 4.41. The van der Waals surface area contributed by atoms with E-state index in [-0.39, 0.29) is 5.91 Å². The Labute approximate surface area is 144 Å². The van der Waals surface area contributed by atoms with Crippen molar-refractivity contribution < 1.29 is 4.79 Å². The van der Waals surface area contributed by atoms with Crippen molar-refractivity contribution in [1.29, 1.82) is 5.26 Å². The van der Waals surface area contributed by atoms with Gasteiger partial charge in [0.05, 0.1) is 6.07 Å². The van der Waals surface area contributed by atoms with E-state index in [1.54, 1.807) is 6.20 Å². The molecular weight excluding hydrogens is 330 g/mol. The fraction of sp³-hybridized carbons (Fsp3) is 0.353. The number of nitriles is 1. The number of halogens is 1. The molecule has 1 heterocycles. The molecule has 0 bridgehead atoms. The molecule has 0 aliphatic heterocycles. The fourth-order valence-corrected chi connectivity index (χ4v) is 3.89. The van der Waals surface area contributed by atoms with Gasteiger partial charge in [-0.2, -0.15) is 5.26 Å². The second-order valence-electron chi connectivity index (χ2n) is 5.76. The van der Waals surface area contributed by atoms with Gasteiger partial charge < -0.3 is 5.32 Å². The maximum Gasteiger partial charge on any atom is 0.246 e. The summed E-state index contributed by atoms with van der Waals surface area (Å²) in [5.41, 5.74) is 0.147. The number of anilines is 1. The van der Waals surface area contributed by atoms with E-state index in [1.165, 1.54) is 11.3 Å². The molecule has 1 amide bonds. The Balaban J connectivity index is 1.69. The molecule has 1 aliphatic rings. The van der Waals surface area contributed by atoms with Crippen molar-refractivity contribution in [3.05, 3.63) is 45.9 Å². The highest BCUT2D eigenvalue weighted by atomic mass is 35.5. The third-order valence-electron chi connectivity index (χ3n) is 4.20. The van der Waals surface area contributed by atoms with Crippen molar-refractivity contribution in [1.82, 2.24) is 4.98 Å². The van der Waals surface area contributed by atoms with Crippen molar-refractivity contribution in [3.8, 4) is 6.07 Å². The van der Waals surface area contributed by atoms with Gasteiger partial charge >= 0.3 is 0 Å². The van der Waals surface area contributed by atoms with Crippen LogP contribution in [0.2, 0.25) is 5.02 Å². The van der Waals surface area contributed by atoms with Crippen LogP contribution >= 0.6 is 22.9 Å². The van der Waals surface area contributed by atoms with Gasteiger partial charge in [0.1, 0.15) is 5.41 Å². The first-order valence-electron chi connectivity index (χ1n) is 7.54. The van der Waals surface area contributed by atoms with Gasteiger partial charge in [-0.15, -0.1) is 11.3 Å². The Bertz CT molecular complexity index is 759. The summed E-state index contributed by atoms with van der Waals surface area (Å²) in [7, 11) is 0. The van der Waals surface area contributed by atoms with Gasteiger partial charge in [0.15, 0.2) is 5.13 Å². The van der Waals surface area contributed by atoms with Crippen molar-refractivity contribution >= 4 is 34.0 Å². The zero-order chi connectivity index (χ0) is 16.3. The molecule has 3 rings (SSSR count). The van der Waals surface area contributed by atoms with E-state index >= 15 is 0 Å². The lowest BCUT2D eigenvalue weighted by Gasteiger charge is -2.17. The van der Waals surface area contributed by atoms with Crippen molar-refractivity contribution in [2.24, 2.45) is 5.41 Å². The van der Waals surface area contributed by atoms with E-state index in [4.69, 9.17) is 11.6 Å². The van der Waals surface area contributed by atoms with E-state index in [2.05, 4.69) is 16.4 Å². The summed E-state index contributed by atoms with van der Waals surface area (Å²) >= 11 is 7.59. The lowest BCUT2D eigenvalue weighted by atomic mass is 9.87. The minimum absolute atomic E-state index is 0.226. The number of nitrogens with one attached hydrogen (secondary N) is 1. The van der Waals surface area contributed by atoms with E-state index in [0.717, 1.165) is 28.3 Å². The summed E-state index contributed by atoms with van der Waals surface area (Å²) in [6.45, 7) is 0. The quantitative estimate of drug-likeness (QED) is 0.892. The van der Waals surface area contributed by atoms with E-state index in [0.29, 0.717) is 24.4 Å². The largest absolute Gasteiger partial charge is 0.301 e. The van der Waals surface area contributed by atoms with Crippen LogP contribution in [-0.2, 0) is 11.2 Å². The van der Waals surface area contributed by atoms with E-state index < -0.39 is 5.41 Å². The SMILES string of the molecule is N#CC1(C(=O)Nc2ncc(Cc3ccccc3Cl)s2)CCCC1. The monoisotopic (exact) mass is 345 g/mol. The molecule has 118 valence electrons. The standard InChI is InChI=1S/C17H16ClN3OS/c18-14-6-2-1-5-12(14)9-13-10-20-16(23-13)21-15(22)17(11-19)7-3-4-8-17/h1-2,5-6,10H,3-4,7-9H2,(H,20,21,22). The van der Waals surface area contributed by atoms with Gasteiger partial charge in [0.2, 0.25) is 5.91 Å². The topological polar surface area (TPSA) is 65.8 Å². The predicted molar refractivity (Wildman–Crippen MR) is 91.5 cm³/mol. The third-order valence-corrected chi connectivity index (χ3v) is 5.48. The molecular formula is C17H16ClN3OS.